The lowest BCUT2D eigenvalue weighted by Gasteiger charge is -2.01. The fraction of sp³-hybridized carbons (Fsp3) is 0. The lowest BCUT2D eigenvalue weighted by molar-refractivity contribution is -0.383. The number of fused-ring (bicyclic) bond motifs is 1. The Morgan fingerprint density at radius 1 is 1.36 bits per heavy atom. The third-order valence-electron chi connectivity index (χ3n) is 3.03. The second kappa shape index (κ2) is 5.48. The lowest BCUT2D eigenvalue weighted by atomic mass is 10.2. The van der Waals surface area contributed by atoms with Gasteiger partial charge in [0.05, 0.1) is 11.1 Å². The van der Waals surface area contributed by atoms with Gasteiger partial charge in [0, 0.05) is 22.7 Å². The molecule has 0 atom stereocenters. The highest BCUT2D eigenvalue weighted by atomic mass is 16.6. The fourth-order valence-corrected chi connectivity index (χ4v) is 2.02. The highest BCUT2D eigenvalue weighted by molar-refractivity contribution is 5.99. The predicted octanol–water partition coefficient (Wildman–Crippen LogP) is 1.89. The summed E-state index contributed by atoms with van der Waals surface area (Å²) in [5.41, 5.74) is 9.40. The first-order chi connectivity index (χ1) is 10.7. The molecule has 2 heterocycles. The van der Waals surface area contributed by atoms with Crippen LogP contribution in [0.1, 0.15) is 5.56 Å². The summed E-state index contributed by atoms with van der Waals surface area (Å²) in [7, 11) is 0. The van der Waals surface area contributed by atoms with Crippen LogP contribution in [0.2, 0.25) is 0 Å². The summed E-state index contributed by atoms with van der Waals surface area (Å²) < 4.78 is 0. The van der Waals surface area contributed by atoms with Gasteiger partial charge in [-0.05, 0) is 6.07 Å². The molecule has 110 valence electrons. The van der Waals surface area contributed by atoms with E-state index in [1.54, 1.807) is 12.4 Å². The zero-order valence-corrected chi connectivity index (χ0v) is 11.2. The normalized spacial score (nSPS) is 11.1. The van der Waals surface area contributed by atoms with Crippen LogP contribution in [0, 0.1) is 10.1 Å². The number of benzene rings is 1. The van der Waals surface area contributed by atoms with Crippen molar-refractivity contribution in [1.29, 1.82) is 0 Å². The second-order valence-electron chi connectivity index (χ2n) is 4.37. The zero-order valence-electron chi connectivity index (χ0n) is 11.2. The van der Waals surface area contributed by atoms with Crippen LogP contribution in [-0.2, 0) is 0 Å². The van der Waals surface area contributed by atoms with Gasteiger partial charge in [-0.25, -0.2) is 9.97 Å². The SMILES string of the molecule is Nc1ncnc(N/N=C\c2c[nH]c3ccccc23)c1[N+](=O)[O-]. The van der Waals surface area contributed by atoms with Crippen LogP contribution in [0.3, 0.4) is 0 Å². The first-order valence-corrected chi connectivity index (χ1v) is 6.27. The molecule has 0 amide bonds. The minimum atomic E-state index is -0.654. The van der Waals surface area contributed by atoms with Gasteiger partial charge < -0.3 is 10.7 Å². The third kappa shape index (κ3) is 2.42. The van der Waals surface area contributed by atoms with Gasteiger partial charge in [0.2, 0.25) is 11.6 Å². The van der Waals surface area contributed by atoms with E-state index in [0.29, 0.717) is 0 Å². The standard InChI is InChI=1S/C13H11N7O2/c14-12-11(20(21)22)13(17-7-16-12)19-18-6-8-5-15-10-4-2-1-3-9(8)10/h1-7,15H,(H3,14,16,17,19)/b18-6-. The Hall–Kier alpha value is -3.49. The Morgan fingerprint density at radius 3 is 3.00 bits per heavy atom. The fourth-order valence-electron chi connectivity index (χ4n) is 2.02. The number of nitro groups is 1. The molecule has 0 fully saturated rings. The first kappa shape index (κ1) is 13.5. The van der Waals surface area contributed by atoms with Crippen molar-refractivity contribution >= 4 is 34.4 Å². The van der Waals surface area contributed by atoms with Gasteiger partial charge in [-0.3, -0.25) is 15.5 Å². The minimum absolute atomic E-state index is 0.0615. The molecule has 0 bridgehead atoms. The molecule has 9 nitrogen and oxygen atoms in total. The number of hydrogen-bond acceptors (Lipinski definition) is 7. The predicted molar refractivity (Wildman–Crippen MR) is 82.6 cm³/mol. The van der Waals surface area contributed by atoms with Gasteiger partial charge in [0.25, 0.3) is 0 Å². The summed E-state index contributed by atoms with van der Waals surface area (Å²) in [6.45, 7) is 0. The molecule has 0 unspecified atom stereocenters. The molecule has 4 N–H and O–H groups in total. The average molecular weight is 297 g/mol. The van der Waals surface area contributed by atoms with E-state index in [1.807, 2.05) is 24.3 Å². The topological polar surface area (TPSA) is 135 Å². The molecule has 1 aromatic carbocycles. The van der Waals surface area contributed by atoms with Crippen LogP contribution >= 0.6 is 0 Å². The molecule has 0 aliphatic carbocycles. The monoisotopic (exact) mass is 297 g/mol. The molecule has 3 rings (SSSR count). The Labute approximate surface area is 124 Å². The number of nitrogen functional groups attached to an aromatic ring is 1. The van der Waals surface area contributed by atoms with Crippen LogP contribution in [0.4, 0.5) is 17.3 Å². The third-order valence-corrected chi connectivity index (χ3v) is 3.03. The minimum Gasteiger partial charge on any atom is -0.378 e. The van der Waals surface area contributed by atoms with Crippen molar-refractivity contribution in [3.05, 3.63) is 52.5 Å². The van der Waals surface area contributed by atoms with Crippen molar-refractivity contribution in [3.63, 3.8) is 0 Å². The van der Waals surface area contributed by atoms with Crippen molar-refractivity contribution in [2.24, 2.45) is 5.10 Å². The Kier molecular flexibility index (Phi) is 3.36. The quantitative estimate of drug-likeness (QED) is 0.382. The lowest BCUT2D eigenvalue weighted by Crippen LogP contribution is -2.04. The number of nitrogens with zero attached hydrogens (tertiary/aromatic N) is 4. The number of hydrazone groups is 1. The Morgan fingerprint density at radius 2 is 2.18 bits per heavy atom. The van der Waals surface area contributed by atoms with E-state index in [4.69, 9.17) is 5.73 Å². The molecule has 0 aliphatic rings. The smallest absolute Gasteiger partial charge is 0.354 e. The number of aromatic amines is 1. The molecular formula is C13H11N7O2. The summed E-state index contributed by atoms with van der Waals surface area (Å²) >= 11 is 0. The van der Waals surface area contributed by atoms with Gasteiger partial charge in [-0.2, -0.15) is 5.10 Å². The van der Waals surface area contributed by atoms with Crippen LogP contribution in [0.25, 0.3) is 10.9 Å². The van der Waals surface area contributed by atoms with E-state index in [-0.39, 0.29) is 11.6 Å². The molecule has 3 aromatic rings. The maximum absolute atomic E-state index is 11.0. The van der Waals surface area contributed by atoms with E-state index in [9.17, 15) is 10.1 Å². The number of para-hydroxylation sites is 1. The van der Waals surface area contributed by atoms with Crippen molar-refractivity contribution in [2.45, 2.75) is 0 Å². The number of nitrogens with two attached hydrogens (primary N) is 1. The summed E-state index contributed by atoms with van der Waals surface area (Å²) in [6, 6.07) is 7.72. The van der Waals surface area contributed by atoms with Crippen LogP contribution in [-0.4, -0.2) is 26.1 Å². The summed E-state index contributed by atoms with van der Waals surface area (Å²) in [5, 5.41) is 15.9. The van der Waals surface area contributed by atoms with E-state index >= 15 is 0 Å². The summed E-state index contributed by atoms with van der Waals surface area (Å²) in [5.74, 6) is -0.279. The number of hydrogen-bond donors (Lipinski definition) is 3. The van der Waals surface area contributed by atoms with Crippen molar-refractivity contribution < 1.29 is 4.92 Å². The zero-order chi connectivity index (χ0) is 15.5. The number of aromatic nitrogens is 3. The van der Waals surface area contributed by atoms with Crippen LogP contribution in [0.15, 0.2) is 41.9 Å². The van der Waals surface area contributed by atoms with E-state index in [2.05, 4.69) is 25.5 Å². The number of rotatable bonds is 4. The van der Waals surface area contributed by atoms with Crippen molar-refractivity contribution in [1.82, 2.24) is 15.0 Å². The number of H-pyrrole nitrogens is 1. The van der Waals surface area contributed by atoms with Gasteiger partial charge in [-0.1, -0.05) is 18.2 Å². The second-order valence-corrected chi connectivity index (χ2v) is 4.37. The van der Waals surface area contributed by atoms with Crippen LogP contribution < -0.4 is 11.2 Å². The molecule has 0 radical (unpaired) electrons. The van der Waals surface area contributed by atoms with Crippen molar-refractivity contribution in [2.75, 3.05) is 11.2 Å². The molecule has 9 heteroatoms. The largest absolute Gasteiger partial charge is 0.378 e. The van der Waals surface area contributed by atoms with Gasteiger partial charge in [0.15, 0.2) is 0 Å². The molecule has 0 saturated heterocycles. The molecule has 0 aliphatic heterocycles. The van der Waals surface area contributed by atoms with Gasteiger partial charge in [0.1, 0.15) is 6.33 Å². The maximum Gasteiger partial charge on any atom is 0.354 e. The van der Waals surface area contributed by atoms with E-state index in [1.165, 1.54) is 0 Å². The maximum atomic E-state index is 11.0. The Bertz CT molecular complexity index is 872. The first-order valence-electron chi connectivity index (χ1n) is 6.27. The van der Waals surface area contributed by atoms with Gasteiger partial charge >= 0.3 is 5.69 Å². The molecular weight excluding hydrogens is 286 g/mol. The van der Waals surface area contributed by atoms with Crippen LogP contribution in [0.5, 0.6) is 0 Å². The molecule has 0 saturated carbocycles. The number of nitrogens with one attached hydrogen (secondary N) is 2. The Balaban J connectivity index is 1.86. The highest BCUT2D eigenvalue weighted by Gasteiger charge is 2.20. The average Bonchev–Trinajstić information content (AvgIpc) is 2.90. The van der Waals surface area contributed by atoms with Crippen molar-refractivity contribution in [3.8, 4) is 0 Å². The highest BCUT2D eigenvalue weighted by Crippen LogP contribution is 2.26. The molecule has 0 spiro atoms. The molecule has 22 heavy (non-hydrogen) atoms. The number of anilines is 2. The van der Waals surface area contributed by atoms with E-state index < -0.39 is 10.6 Å². The summed E-state index contributed by atoms with van der Waals surface area (Å²) in [6.07, 6.45) is 4.46. The van der Waals surface area contributed by atoms with E-state index in [0.717, 1.165) is 22.8 Å². The molecule has 2 aromatic heterocycles. The summed E-state index contributed by atoms with van der Waals surface area (Å²) in [4.78, 5) is 20.8. The van der Waals surface area contributed by atoms with Gasteiger partial charge in [-0.15, -0.1) is 0 Å².